The van der Waals surface area contributed by atoms with Gasteiger partial charge in [-0.15, -0.1) is 0 Å². The molecule has 0 spiro atoms. The molecule has 5 rings (SSSR count). The number of fused-ring (bicyclic) bond motifs is 2. The first kappa shape index (κ1) is 30.4. The summed E-state index contributed by atoms with van der Waals surface area (Å²) in [6, 6.07) is 31.2. The van der Waals surface area contributed by atoms with E-state index in [0.29, 0.717) is 0 Å². The summed E-state index contributed by atoms with van der Waals surface area (Å²) in [5.41, 5.74) is 9.65. The largest absolute Gasteiger partial charge is 0.344 e. The number of hydrogen-bond donors (Lipinski definition) is 0. The number of hydrogen-bond acceptors (Lipinski definition) is 1. The quantitative estimate of drug-likeness (QED) is 0.173. The van der Waals surface area contributed by atoms with Gasteiger partial charge in [0.25, 0.3) is 0 Å². The Hall–Kier alpha value is -4.10. The van der Waals surface area contributed by atoms with Crippen molar-refractivity contribution in [2.24, 2.45) is 0 Å². The van der Waals surface area contributed by atoms with Crippen molar-refractivity contribution in [3.8, 4) is 0 Å². The maximum absolute atomic E-state index is 2.51. The lowest BCUT2D eigenvalue weighted by atomic mass is 9.71. The summed E-state index contributed by atoms with van der Waals surface area (Å²) >= 11 is 0. The van der Waals surface area contributed by atoms with Crippen LogP contribution in [0.1, 0.15) is 68.4 Å². The fourth-order valence-electron chi connectivity index (χ4n) is 6.99. The lowest BCUT2D eigenvalue weighted by molar-refractivity contribution is 0.476. The second kappa shape index (κ2) is 13.0. The van der Waals surface area contributed by atoms with Crippen LogP contribution in [0, 0.1) is 13.8 Å². The molecule has 1 atom stereocenters. The molecule has 1 heterocycles. The standard InChI is InChI=1S/C42H47N/c1-7-29-43-38-27-24-32(2)30-37(38)41(4,5)39(43)23-15-10-8-9-11-18-28-42(6,31-34-19-13-12-14-20-34)40-33(3)25-26-35-21-16-17-22-36(35)40/h8-27,30H,7,28-29,31H2,1-6H3/b9-8+,15-10+,18-11+,39-23+. The molecule has 0 aromatic heterocycles. The van der Waals surface area contributed by atoms with Gasteiger partial charge in [-0.25, -0.2) is 0 Å². The molecule has 1 nitrogen and oxygen atoms in total. The third kappa shape index (κ3) is 6.47. The summed E-state index contributed by atoms with van der Waals surface area (Å²) in [5.74, 6) is 0. The van der Waals surface area contributed by atoms with Gasteiger partial charge in [-0.3, -0.25) is 0 Å². The van der Waals surface area contributed by atoms with E-state index in [1.54, 1.807) is 0 Å². The van der Waals surface area contributed by atoms with E-state index in [1.165, 1.54) is 50.0 Å². The Morgan fingerprint density at radius 3 is 2.30 bits per heavy atom. The molecule has 0 fully saturated rings. The molecule has 0 radical (unpaired) electrons. The summed E-state index contributed by atoms with van der Waals surface area (Å²) in [6.07, 6.45) is 18.6. The minimum Gasteiger partial charge on any atom is -0.344 e. The lowest BCUT2D eigenvalue weighted by Gasteiger charge is -2.32. The van der Waals surface area contributed by atoms with Gasteiger partial charge in [-0.1, -0.05) is 149 Å². The summed E-state index contributed by atoms with van der Waals surface area (Å²) in [5, 5.41) is 2.68. The molecule has 0 aliphatic carbocycles. The van der Waals surface area contributed by atoms with E-state index in [-0.39, 0.29) is 10.8 Å². The molecule has 0 N–H and O–H groups in total. The fourth-order valence-corrected chi connectivity index (χ4v) is 6.99. The summed E-state index contributed by atoms with van der Waals surface area (Å²) in [4.78, 5) is 2.51. The summed E-state index contributed by atoms with van der Waals surface area (Å²) < 4.78 is 0. The van der Waals surface area contributed by atoms with Crippen molar-refractivity contribution in [1.82, 2.24) is 0 Å². The van der Waals surface area contributed by atoms with Crippen molar-refractivity contribution >= 4 is 16.5 Å². The van der Waals surface area contributed by atoms with E-state index in [9.17, 15) is 0 Å². The van der Waals surface area contributed by atoms with E-state index in [2.05, 4.69) is 174 Å². The predicted molar refractivity (Wildman–Crippen MR) is 188 cm³/mol. The highest BCUT2D eigenvalue weighted by Gasteiger charge is 2.39. The zero-order chi connectivity index (χ0) is 30.5. The summed E-state index contributed by atoms with van der Waals surface area (Å²) in [6.45, 7) is 14.9. The SMILES string of the molecule is CCCN1/C(=C/C=C/C=C/C=C/CC(C)(Cc2ccccc2)c2c(C)ccc3ccccc23)C(C)(C)c2cc(C)ccc21. The molecular formula is C42H47N. The number of rotatable bonds is 10. The van der Waals surface area contributed by atoms with Crippen LogP contribution in [0.25, 0.3) is 10.8 Å². The van der Waals surface area contributed by atoms with Crippen molar-refractivity contribution in [2.45, 2.75) is 71.6 Å². The molecule has 0 saturated carbocycles. The lowest BCUT2D eigenvalue weighted by Crippen LogP contribution is -2.26. The zero-order valence-electron chi connectivity index (χ0n) is 26.9. The van der Waals surface area contributed by atoms with Crippen LogP contribution >= 0.6 is 0 Å². The average Bonchev–Trinajstić information content (AvgIpc) is 3.19. The third-order valence-electron chi connectivity index (χ3n) is 9.08. The van der Waals surface area contributed by atoms with Gasteiger partial charge in [-0.2, -0.15) is 0 Å². The predicted octanol–water partition coefficient (Wildman–Crippen LogP) is 11.1. The van der Waals surface area contributed by atoms with Gasteiger partial charge in [0.15, 0.2) is 0 Å². The van der Waals surface area contributed by atoms with Gasteiger partial charge in [-0.05, 0) is 78.3 Å². The molecule has 0 amide bonds. The normalized spacial score (nSPS) is 17.1. The Morgan fingerprint density at radius 1 is 0.791 bits per heavy atom. The van der Waals surface area contributed by atoms with Crippen molar-refractivity contribution < 1.29 is 0 Å². The molecule has 1 aliphatic rings. The van der Waals surface area contributed by atoms with Crippen LogP contribution in [0.3, 0.4) is 0 Å². The molecule has 1 heteroatoms. The highest BCUT2D eigenvalue weighted by Crippen LogP contribution is 2.48. The average molecular weight is 566 g/mol. The van der Waals surface area contributed by atoms with E-state index < -0.39 is 0 Å². The number of allylic oxidation sites excluding steroid dienone is 8. The first-order valence-corrected chi connectivity index (χ1v) is 15.9. The number of aryl methyl sites for hydroxylation is 2. The van der Waals surface area contributed by atoms with E-state index >= 15 is 0 Å². The van der Waals surface area contributed by atoms with Crippen LogP contribution in [0.5, 0.6) is 0 Å². The second-order valence-corrected chi connectivity index (χ2v) is 13.0. The molecule has 0 saturated heterocycles. The van der Waals surface area contributed by atoms with Crippen molar-refractivity contribution in [1.29, 1.82) is 0 Å². The minimum absolute atomic E-state index is 0.00652. The number of benzene rings is 4. The van der Waals surface area contributed by atoms with Crippen LogP contribution in [0.2, 0.25) is 0 Å². The fraction of sp³-hybridized carbons (Fsp3) is 0.286. The van der Waals surface area contributed by atoms with Crippen LogP contribution in [-0.4, -0.2) is 6.54 Å². The van der Waals surface area contributed by atoms with Gasteiger partial charge >= 0.3 is 0 Å². The van der Waals surface area contributed by atoms with Gasteiger partial charge in [0, 0.05) is 28.8 Å². The monoisotopic (exact) mass is 565 g/mol. The highest BCUT2D eigenvalue weighted by atomic mass is 15.2. The van der Waals surface area contributed by atoms with Crippen molar-refractivity contribution in [3.63, 3.8) is 0 Å². The summed E-state index contributed by atoms with van der Waals surface area (Å²) in [7, 11) is 0. The van der Waals surface area contributed by atoms with Crippen LogP contribution in [0.4, 0.5) is 5.69 Å². The smallest absolute Gasteiger partial charge is 0.0450 e. The first-order chi connectivity index (χ1) is 20.7. The maximum atomic E-state index is 2.51. The van der Waals surface area contributed by atoms with Gasteiger partial charge < -0.3 is 4.90 Å². The molecule has 1 aliphatic heterocycles. The Kier molecular flexibility index (Phi) is 9.21. The third-order valence-corrected chi connectivity index (χ3v) is 9.08. The van der Waals surface area contributed by atoms with Gasteiger partial charge in [0.1, 0.15) is 0 Å². The molecule has 43 heavy (non-hydrogen) atoms. The first-order valence-electron chi connectivity index (χ1n) is 15.9. The maximum Gasteiger partial charge on any atom is 0.0450 e. The zero-order valence-corrected chi connectivity index (χ0v) is 26.9. The Morgan fingerprint density at radius 2 is 1.51 bits per heavy atom. The Balaban J connectivity index is 1.34. The van der Waals surface area contributed by atoms with E-state index in [1.807, 2.05) is 0 Å². The van der Waals surface area contributed by atoms with E-state index in [0.717, 1.165) is 25.8 Å². The number of anilines is 1. The molecule has 220 valence electrons. The van der Waals surface area contributed by atoms with Crippen LogP contribution in [-0.2, 0) is 17.3 Å². The molecular weight excluding hydrogens is 518 g/mol. The van der Waals surface area contributed by atoms with Crippen molar-refractivity contribution in [2.75, 3.05) is 11.4 Å². The van der Waals surface area contributed by atoms with Crippen LogP contribution in [0.15, 0.2) is 133 Å². The Labute approximate surface area is 260 Å². The Bertz CT molecular complexity index is 1680. The highest BCUT2D eigenvalue weighted by molar-refractivity contribution is 5.88. The van der Waals surface area contributed by atoms with Gasteiger partial charge in [0.2, 0.25) is 0 Å². The van der Waals surface area contributed by atoms with Crippen molar-refractivity contribution in [3.05, 3.63) is 161 Å². The number of nitrogens with zero attached hydrogens (tertiary/aromatic N) is 1. The topological polar surface area (TPSA) is 3.24 Å². The molecule has 4 aromatic rings. The van der Waals surface area contributed by atoms with Crippen LogP contribution < -0.4 is 4.90 Å². The minimum atomic E-state index is -0.0267. The molecule has 4 aromatic carbocycles. The van der Waals surface area contributed by atoms with Gasteiger partial charge in [0.05, 0.1) is 0 Å². The second-order valence-electron chi connectivity index (χ2n) is 13.0. The molecule has 0 bridgehead atoms. The van der Waals surface area contributed by atoms with E-state index in [4.69, 9.17) is 0 Å². The molecule has 1 unspecified atom stereocenters.